The summed E-state index contributed by atoms with van der Waals surface area (Å²) in [6.45, 7) is 3.32. The first-order valence-corrected chi connectivity index (χ1v) is 12.1. The number of hydrogen-bond acceptors (Lipinski definition) is 7. The van der Waals surface area contributed by atoms with Gasteiger partial charge in [0.2, 0.25) is 5.43 Å². The van der Waals surface area contributed by atoms with Gasteiger partial charge in [0, 0.05) is 50.3 Å². The molecule has 0 unspecified atom stereocenters. The van der Waals surface area contributed by atoms with Gasteiger partial charge in [-0.05, 0) is 36.4 Å². The van der Waals surface area contributed by atoms with Gasteiger partial charge in [-0.2, -0.15) is 0 Å². The quantitative estimate of drug-likeness (QED) is 0.409. The van der Waals surface area contributed by atoms with Gasteiger partial charge in [-0.3, -0.25) is 9.69 Å². The third kappa shape index (κ3) is 4.30. The summed E-state index contributed by atoms with van der Waals surface area (Å²) in [5, 5.41) is 15.7. The highest BCUT2D eigenvalue weighted by Gasteiger charge is 2.28. The van der Waals surface area contributed by atoms with Crippen molar-refractivity contribution in [3.63, 3.8) is 0 Å². The number of aromatic nitrogens is 1. The van der Waals surface area contributed by atoms with Crippen LogP contribution in [0.1, 0.15) is 34.1 Å². The number of carbonyl (C=O) groups is 1. The molecule has 0 spiro atoms. The van der Waals surface area contributed by atoms with Crippen LogP contribution in [0.5, 0.6) is 0 Å². The molecule has 178 valence electrons. The molecule has 1 aliphatic carbocycles. The van der Waals surface area contributed by atoms with Crippen molar-refractivity contribution in [1.82, 2.24) is 9.47 Å². The van der Waals surface area contributed by atoms with Gasteiger partial charge in [0.25, 0.3) is 0 Å². The summed E-state index contributed by atoms with van der Waals surface area (Å²) < 4.78 is 17.0. The maximum atomic E-state index is 15.2. The van der Waals surface area contributed by atoms with Crippen LogP contribution < -0.4 is 10.3 Å². The molecule has 10 heteroatoms. The minimum Gasteiger partial charge on any atom is -0.477 e. The predicted octanol–water partition coefficient (Wildman–Crippen LogP) is 3.41. The van der Waals surface area contributed by atoms with E-state index in [0.29, 0.717) is 30.8 Å². The molecular weight excluding hydrogens is 459 g/mol. The average Bonchev–Trinajstić information content (AvgIpc) is 3.52. The normalized spacial score (nSPS) is 17.4. The fourth-order valence-electron chi connectivity index (χ4n) is 4.47. The maximum absolute atomic E-state index is 15.2. The predicted molar refractivity (Wildman–Crippen MR) is 130 cm³/mol. The number of benzene rings is 1. The first-order chi connectivity index (χ1) is 16.5. The Bertz CT molecular complexity index is 1310. The highest BCUT2D eigenvalue weighted by molar-refractivity contribution is 7.12. The van der Waals surface area contributed by atoms with Crippen LogP contribution in [0.3, 0.4) is 0 Å². The summed E-state index contributed by atoms with van der Waals surface area (Å²) in [4.78, 5) is 34.6. The summed E-state index contributed by atoms with van der Waals surface area (Å²) in [5.41, 5.74) is 0.926. The molecule has 0 amide bonds. The number of aromatic carboxylic acids is 1. The van der Waals surface area contributed by atoms with Crippen molar-refractivity contribution in [3.05, 3.63) is 62.3 Å². The molecule has 1 N–H and O–H groups in total. The van der Waals surface area contributed by atoms with Crippen molar-refractivity contribution in [2.24, 2.45) is 5.16 Å². The van der Waals surface area contributed by atoms with Crippen molar-refractivity contribution >= 4 is 39.6 Å². The Balaban J connectivity index is 1.39. The molecule has 0 radical (unpaired) electrons. The molecule has 1 saturated heterocycles. The lowest BCUT2D eigenvalue weighted by Gasteiger charge is -2.36. The lowest BCUT2D eigenvalue weighted by atomic mass is 10.1. The molecule has 3 aromatic rings. The van der Waals surface area contributed by atoms with Crippen LogP contribution in [-0.4, -0.2) is 66.1 Å². The molecule has 1 aromatic carbocycles. The smallest absolute Gasteiger partial charge is 0.341 e. The van der Waals surface area contributed by atoms with E-state index >= 15 is 4.39 Å². The minimum absolute atomic E-state index is 0.114. The van der Waals surface area contributed by atoms with E-state index in [1.807, 2.05) is 27.0 Å². The molecule has 8 nitrogen and oxygen atoms in total. The van der Waals surface area contributed by atoms with Crippen molar-refractivity contribution in [1.29, 1.82) is 0 Å². The highest BCUT2D eigenvalue weighted by Crippen LogP contribution is 2.38. The minimum atomic E-state index is -1.29. The second kappa shape index (κ2) is 9.19. The highest BCUT2D eigenvalue weighted by atomic mass is 32.1. The van der Waals surface area contributed by atoms with Gasteiger partial charge in [0.15, 0.2) is 0 Å². The van der Waals surface area contributed by atoms with Crippen molar-refractivity contribution < 1.29 is 19.1 Å². The third-order valence-corrected chi connectivity index (χ3v) is 7.28. The van der Waals surface area contributed by atoms with E-state index < -0.39 is 17.2 Å². The van der Waals surface area contributed by atoms with E-state index in [0.717, 1.165) is 36.5 Å². The number of oxime groups is 1. The Labute approximate surface area is 199 Å². The van der Waals surface area contributed by atoms with Gasteiger partial charge in [-0.25, -0.2) is 9.18 Å². The SMILES string of the molecule is CO/N=C(/CN1CCN(c2cc3c(cc2F)c(=O)c(C(=O)O)cn3C2CC2)CC1)c1cccs1. The third-order valence-electron chi connectivity index (χ3n) is 6.36. The lowest BCUT2D eigenvalue weighted by Crippen LogP contribution is -2.48. The maximum Gasteiger partial charge on any atom is 0.341 e. The van der Waals surface area contributed by atoms with Crippen LogP contribution in [-0.2, 0) is 4.84 Å². The van der Waals surface area contributed by atoms with E-state index in [1.54, 1.807) is 17.4 Å². The zero-order valence-corrected chi connectivity index (χ0v) is 19.6. The number of nitrogens with zero attached hydrogens (tertiary/aromatic N) is 4. The number of anilines is 1. The second-order valence-electron chi connectivity index (χ2n) is 8.60. The molecule has 5 rings (SSSR count). The molecule has 0 atom stereocenters. The van der Waals surface area contributed by atoms with Crippen LogP contribution >= 0.6 is 11.3 Å². The standard InChI is InChI=1S/C24H25FN4O4S/c1-33-26-19(22-3-2-10-34-22)14-27-6-8-28(9-7-27)21-12-20-16(11-18(21)25)23(30)17(24(31)32)13-29(20)15-4-5-15/h2-3,10-13,15H,4-9,14H2,1H3,(H,31,32)/b26-19-. The molecule has 1 aliphatic heterocycles. The number of pyridine rings is 1. The Hall–Kier alpha value is -3.24. The fraction of sp³-hybridized carbons (Fsp3) is 0.375. The number of piperazine rings is 1. The Morgan fingerprint density at radius 3 is 2.65 bits per heavy atom. The number of thiophene rings is 1. The van der Waals surface area contributed by atoms with Gasteiger partial charge in [-0.15, -0.1) is 11.3 Å². The van der Waals surface area contributed by atoms with Gasteiger partial charge < -0.3 is 19.4 Å². The van der Waals surface area contributed by atoms with Gasteiger partial charge in [0.05, 0.1) is 16.1 Å². The van der Waals surface area contributed by atoms with Crippen LogP contribution in [0.15, 0.2) is 45.8 Å². The largest absolute Gasteiger partial charge is 0.477 e. The number of hydrogen-bond donors (Lipinski definition) is 1. The van der Waals surface area contributed by atoms with Crippen molar-refractivity contribution in [2.45, 2.75) is 18.9 Å². The van der Waals surface area contributed by atoms with E-state index in [2.05, 4.69) is 10.1 Å². The Morgan fingerprint density at radius 1 is 1.26 bits per heavy atom. The number of rotatable bonds is 7. The van der Waals surface area contributed by atoms with E-state index in [9.17, 15) is 14.7 Å². The van der Waals surface area contributed by atoms with Gasteiger partial charge in [-0.1, -0.05) is 11.2 Å². The monoisotopic (exact) mass is 484 g/mol. The summed E-state index contributed by atoms with van der Waals surface area (Å²) in [6, 6.07) is 7.04. The average molecular weight is 485 g/mol. The molecule has 1 saturated carbocycles. The van der Waals surface area contributed by atoms with Crippen LogP contribution in [0.2, 0.25) is 0 Å². The zero-order valence-electron chi connectivity index (χ0n) is 18.7. The molecule has 34 heavy (non-hydrogen) atoms. The van der Waals surface area contributed by atoms with E-state index in [1.165, 1.54) is 19.4 Å². The molecule has 2 fully saturated rings. The zero-order chi connectivity index (χ0) is 23.8. The lowest BCUT2D eigenvalue weighted by molar-refractivity contribution is 0.0695. The number of fused-ring (bicyclic) bond motifs is 1. The molecular formula is C24H25FN4O4S. The molecule has 2 aliphatic rings. The van der Waals surface area contributed by atoms with E-state index in [-0.39, 0.29) is 17.0 Å². The first-order valence-electron chi connectivity index (χ1n) is 11.2. The number of carboxylic acids is 1. The molecule has 0 bridgehead atoms. The summed E-state index contributed by atoms with van der Waals surface area (Å²) in [6.07, 6.45) is 3.24. The van der Waals surface area contributed by atoms with Crippen LogP contribution in [0.4, 0.5) is 10.1 Å². The first kappa shape index (κ1) is 22.5. The number of halogens is 1. The fourth-order valence-corrected chi connectivity index (χ4v) is 5.17. The van der Waals surface area contributed by atoms with Crippen molar-refractivity contribution in [2.75, 3.05) is 44.7 Å². The number of carboxylic acid groups (broad SMARTS) is 1. The van der Waals surface area contributed by atoms with Crippen LogP contribution in [0.25, 0.3) is 10.9 Å². The Morgan fingerprint density at radius 2 is 2.03 bits per heavy atom. The summed E-state index contributed by atoms with van der Waals surface area (Å²) in [5.74, 6) is -1.80. The Kier molecular flexibility index (Phi) is 6.09. The second-order valence-corrected chi connectivity index (χ2v) is 9.55. The summed E-state index contributed by atoms with van der Waals surface area (Å²) in [7, 11) is 1.54. The van der Waals surface area contributed by atoms with Crippen molar-refractivity contribution in [3.8, 4) is 0 Å². The summed E-state index contributed by atoms with van der Waals surface area (Å²) >= 11 is 1.61. The topological polar surface area (TPSA) is 87.4 Å². The molecule has 2 aromatic heterocycles. The van der Waals surface area contributed by atoms with Crippen LogP contribution in [0, 0.1) is 5.82 Å². The van der Waals surface area contributed by atoms with E-state index in [4.69, 9.17) is 4.84 Å². The van der Waals surface area contributed by atoms with Gasteiger partial charge in [0.1, 0.15) is 24.2 Å². The molecule has 3 heterocycles. The van der Waals surface area contributed by atoms with Gasteiger partial charge >= 0.3 is 5.97 Å².